The van der Waals surface area contributed by atoms with Crippen LogP contribution in [-0.4, -0.2) is 22.8 Å². The molecule has 1 aliphatic carbocycles. The Kier molecular flexibility index (Phi) is 3.46. The third-order valence-electron chi connectivity index (χ3n) is 2.92. The van der Waals surface area contributed by atoms with Gasteiger partial charge in [0.15, 0.2) is 5.78 Å². The Hall–Kier alpha value is -2.43. The third kappa shape index (κ3) is 2.88. The van der Waals surface area contributed by atoms with E-state index in [-0.39, 0.29) is 11.7 Å². The van der Waals surface area contributed by atoms with Crippen molar-refractivity contribution in [2.24, 2.45) is 0 Å². The maximum Gasteiger partial charge on any atom is 0.328 e. The summed E-state index contributed by atoms with van der Waals surface area (Å²) in [6.45, 7) is 1.41. The average molecular weight is 259 g/mol. The number of carboxylic acids is 1. The summed E-state index contributed by atoms with van der Waals surface area (Å²) in [6, 6.07) is 5.02. The van der Waals surface area contributed by atoms with E-state index < -0.39 is 5.97 Å². The highest BCUT2D eigenvalue weighted by Gasteiger charge is 2.22. The standard InChI is InChI=1S/C14H13NO4/c1-8(16)15-11-4-5-12-9(6-11)2-3-10(14(12)19)7-13(17)18/h4-7H,2-3H2,1H3,(H,15,16)(H,17,18)/b10-7-. The van der Waals surface area contributed by atoms with Crippen molar-refractivity contribution in [3.63, 3.8) is 0 Å². The zero-order valence-electron chi connectivity index (χ0n) is 10.4. The van der Waals surface area contributed by atoms with Gasteiger partial charge >= 0.3 is 5.97 Å². The first kappa shape index (κ1) is 13.0. The largest absolute Gasteiger partial charge is 0.478 e. The molecule has 2 rings (SSSR count). The van der Waals surface area contributed by atoms with Crippen molar-refractivity contribution in [3.8, 4) is 0 Å². The summed E-state index contributed by atoms with van der Waals surface area (Å²) in [6.07, 6.45) is 1.96. The number of carbonyl (C=O) groups excluding carboxylic acids is 2. The molecule has 1 aromatic rings. The molecule has 0 heterocycles. The number of anilines is 1. The number of nitrogens with one attached hydrogen (secondary N) is 1. The lowest BCUT2D eigenvalue weighted by molar-refractivity contribution is -0.131. The fourth-order valence-corrected chi connectivity index (χ4v) is 2.15. The molecule has 2 N–H and O–H groups in total. The van der Waals surface area contributed by atoms with Crippen LogP contribution in [0.5, 0.6) is 0 Å². The number of carboxylic acid groups (broad SMARTS) is 1. The van der Waals surface area contributed by atoms with Gasteiger partial charge in [-0.25, -0.2) is 4.79 Å². The number of ketones is 1. The Morgan fingerprint density at radius 2 is 2.05 bits per heavy atom. The fourth-order valence-electron chi connectivity index (χ4n) is 2.15. The number of benzene rings is 1. The molecule has 0 fully saturated rings. The normalized spacial score (nSPS) is 16.1. The van der Waals surface area contributed by atoms with Gasteiger partial charge in [0.2, 0.25) is 5.91 Å². The van der Waals surface area contributed by atoms with Crippen molar-refractivity contribution in [1.29, 1.82) is 0 Å². The topological polar surface area (TPSA) is 83.5 Å². The molecular formula is C14H13NO4. The van der Waals surface area contributed by atoms with E-state index in [9.17, 15) is 14.4 Å². The van der Waals surface area contributed by atoms with Crippen LogP contribution < -0.4 is 5.32 Å². The Balaban J connectivity index is 2.33. The second-order valence-corrected chi connectivity index (χ2v) is 4.39. The smallest absolute Gasteiger partial charge is 0.328 e. The number of fused-ring (bicyclic) bond motifs is 1. The van der Waals surface area contributed by atoms with E-state index in [1.165, 1.54) is 6.92 Å². The van der Waals surface area contributed by atoms with Crippen molar-refractivity contribution < 1.29 is 19.5 Å². The van der Waals surface area contributed by atoms with Crippen molar-refractivity contribution in [2.75, 3.05) is 5.32 Å². The summed E-state index contributed by atoms with van der Waals surface area (Å²) in [5.74, 6) is -1.53. The first-order valence-corrected chi connectivity index (χ1v) is 5.86. The zero-order valence-corrected chi connectivity index (χ0v) is 10.4. The number of rotatable bonds is 2. The highest BCUT2D eigenvalue weighted by atomic mass is 16.4. The van der Waals surface area contributed by atoms with Crippen molar-refractivity contribution in [1.82, 2.24) is 0 Å². The van der Waals surface area contributed by atoms with E-state index in [1.807, 2.05) is 0 Å². The summed E-state index contributed by atoms with van der Waals surface area (Å²) in [5.41, 5.74) is 2.30. The van der Waals surface area contributed by atoms with Crippen LogP contribution >= 0.6 is 0 Å². The van der Waals surface area contributed by atoms with Crippen LogP contribution in [-0.2, 0) is 16.0 Å². The molecule has 0 aliphatic heterocycles. The average Bonchev–Trinajstić information content (AvgIpc) is 2.31. The molecule has 0 aromatic heterocycles. The van der Waals surface area contributed by atoms with Gasteiger partial charge in [0.05, 0.1) is 0 Å². The van der Waals surface area contributed by atoms with Gasteiger partial charge in [-0.2, -0.15) is 0 Å². The van der Waals surface area contributed by atoms with E-state index in [0.717, 1.165) is 11.6 Å². The number of hydrogen-bond donors (Lipinski definition) is 2. The van der Waals surface area contributed by atoms with Gasteiger partial charge in [0, 0.05) is 29.8 Å². The number of aliphatic carboxylic acids is 1. The van der Waals surface area contributed by atoms with Crippen molar-refractivity contribution in [3.05, 3.63) is 41.0 Å². The highest BCUT2D eigenvalue weighted by Crippen LogP contribution is 2.27. The molecule has 98 valence electrons. The summed E-state index contributed by atoms with van der Waals surface area (Å²) in [4.78, 5) is 33.7. The molecule has 0 unspecified atom stereocenters. The summed E-state index contributed by atoms with van der Waals surface area (Å²) < 4.78 is 0. The van der Waals surface area contributed by atoms with Crippen LogP contribution in [0.3, 0.4) is 0 Å². The van der Waals surface area contributed by atoms with Crippen LogP contribution in [0.15, 0.2) is 29.8 Å². The van der Waals surface area contributed by atoms with Gasteiger partial charge in [0.1, 0.15) is 0 Å². The van der Waals surface area contributed by atoms with Gasteiger partial charge < -0.3 is 10.4 Å². The van der Waals surface area contributed by atoms with E-state index in [1.54, 1.807) is 18.2 Å². The SMILES string of the molecule is CC(=O)Nc1ccc2c(c1)CC/C(=C/C(=O)O)C2=O. The number of carbonyl (C=O) groups is 3. The molecule has 1 aliphatic rings. The van der Waals surface area contributed by atoms with Gasteiger partial charge in [0.25, 0.3) is 0 Å². The lowest BCUT2D eigenvalue weighted by atomic mass is 9.86. The van der Waals surface area contributed by atoms with Crippen molar-refractivity contribution in [2.45, 2.75) is 19.8 Å². The van der Waals surface area contributed by atoms with E-state index in [2.05, 4.69) is 5.32 Å². The number of Topliss-reactive ketones (excluding diaryl/α,β-unsaturated/α-hetero) is 1. The monoisotopic (exact) mass is 259 g/mol. The van der Waals surface area contributed by atoms with Gasteiger partial charge in [-0.3, -0.25) is 9.59 Å². The third-order valence-corrected chi connectivity index (χ3v) is 2.92. The molecule has 0 bridgehead atoms. The molecule has 0 saturated heterocycles. The lowest BCUT2D eigenvalue weighted by Gasteiger charge is -2.18. The predicted octanol–water partition coefficient (Wildman–Crippen LogP) is 1.78. The summed E-state index contributed by atoms with van der Waals surface area (Å²) >= 11 is 0. The van der Waals surface area contributed by atoms with Crippen LogP contribution in [0.1, 0.15) is 29.3 Å². The highest BCUT2D eigenvalue weighted by molar-refractivity contribution is 6.13. The molecule has 5 nitrogen and oxygen atoms in total. The minimum absolute atomic E-state index is 0.173. The molecule has 0 spiro atoms. The number of aryl methyl sites for hydroxylation is 1. The van der Waals surface area contributed by atoms with Crippen molar-refractivity contribution >= 4 is 23.3 Å². The molecule has 0 radical (unpaired) electrons. The molecule has 1 amide bonds. The number of allylic oxidation sites excluding steroid dienone is 1. The van der Waals surface area contributed by atoms with E-state index in [4.69, 9.17) is 5.11 Å². The number of amides is 1. The van der Waals surface area contributed by atoms with Crippen LogP contribution in [0.2, 0.25) is 0 Å². The Morgan fingerprint density at radius 1 is 1.32 bits per heavy atom. The zero-order chi connectivity index (χ0) is 14.0. The fraction of sp³-hybridized carbons (Fsp3) is 0.214. The molecule has 0 saturated carbocycles. The summed E-state index contributed by atoms with van der Waals surface area (Å²) in [5, 5.41) is 11.4. The molecule has 1 aromatic carbocycles. The molecule has 0 atom stereocenters. The Morgan fingerprint density at radius 3 is 2.68 bits per heavy atom. The maximum atomic E-state index is 12.1. The Bertz CT molecular complexity index is 601. The first-order chi connectivity index (χ1) is 8.97. The molecular weight excluding hydrogens is 246 g/mol. The minimum atomic E-state index is -1.11. The van der Waals surface area contributed by atoms with Crippen LogP contribution in [0.4, 0.5) is 5.69 Å². The second kappa shape index (κ2) is 5.06. The van der Waals surface area contributed by atoms with E-state index in [0.29, 0.717) is 29.7 Å². The van der Waals surface area contributed by atoms with Crippen LogP contribution in [0, 0.1) is 0 Å². The Labute approximate surface area is 109 Å². The first-order valence-electron chi connectivity index (χ1n) is 5.86. The molecule has 19 heavy (non-hydrogen) atoms. The lowest BCUT2D eigenvalue weighted by Crippen LogP contribution is -2.16. The van der Waals surface area contributed by atoms with Gasteiger partial charge in [-0.05, 0) is 36.6 Å². The molecule has 5 heteroatoms. The van der Waals surface area contributed by atoms with E-state index >= 15 is 0 Å². The minimum Gasteiger partial charge on any atom is -0.478 e. The van der Waals surface area contributed by atoms with Crippen LogP contribution in [0.25, 0.3) is 0 Å². The predicted molar refractivity (Wildman–Crippen MR) is 69.1 cm³/mol. The maximum absolute atomic E-state index is 12.1. The summed E-state index contributed by atoms with van der Waals surface area (Å²) in [7, 11) is 0. The number of hydrogen-bond acceptors (Lipinski definition) is 3. The van der Waals surface area contributed by atoms with Gasteiger partial charge in [-0.1, -0.05) is 0 Å². The quantitative estimate of drug-likeness (QED) is 0.793. The van der Waals surface area contributed by atoms with Gasteiger partial charge in [-0.15, -0.1) is 0 Å². The second-order valence-electron chi connectivity index (χ2n) is 4.39.